The molecule has 4 nitrogen and oxygen atoms in total. The van der Waals surface area contributed by atoms with Gasteiger partial charge in [-0.1, -0.05) is 36.0 Å². The minimum atomic E-state index is -4.90. The fourth-order valence-electron chi connectivity index (χ4n) is 1.58. The van der Waals surface area contributed by atoms with Gasteiger partial charge in [-0.3, -0.25) is 4.79 Å². The van der Waals surface area contributed by atoms with Crippen LogP contribution in [-0.2, 0) is 24.8 Å². The molecule has 0 saturated heterocycles. The van der Waals surface area contributed by atoms with E-state index in [1.165, 1.54) is 26.4 Å². The summed E-state index contributed by atoms with van der Waals surface area (Å²) in [5.74, 6) is -0.923. The summed E-state index contributed by atoms with van der Waals surface area (Å²) in [5, 5.41) is -1.89. The smallest absolute Gasteiger partial charge is 0.460 e. The van der Waals surface area contributed by atoms with Crippen molar-refractivity contribution in [1.82, 2.24) is 0 Å². The third-order valence-electron chi connectivity index (χ3n) is 2.54. The summed E-state index contributed by atoms with van der Waals surface area (Å²) < 4.78 is 46.1. The molecule has 0 aliphatic heterocycles. The maximum atomic E-state index is 12.2. The number of methoxy groups -OCH3 is 2. The van der Waals surface area contributed by atoms with E-state index in [2.05, 4.69) is 4.74 Å². The van der Waals surface area contributed by atoms with Gasteiger partial charge in [0.1, 0.15) is 5.57 Å². The van der Waals surface area contributed by atoms with Gasteiger partial charge in [-0.05, 0) is 11.1 Å². The van der Waals surface area contributed by atoms with Gasteiger partial charge in [-0.2, -0.15) is 13.2 Å². The van der Waals surface area contributed by atoms with Crippen molar-refractivity contribution in [2.75, 3.05) is 14.2 Å². The highest BCUT2D eigenvalue weighted by Crippen LogP contribution is 2.29. The number of ether oxygens (including phenoxy) is 2. The monoisotopic (exact) mass is 334 g/mol. The van der Waals surface area contributed by atoms with E-state index in [-0.39, 0.29) is 23.1 Å². The maximum Gasteiger partial charge on any atom is 0.460 e. The first-order valence-corrected chi connectivity index (χ1v) is 6.93. The van der Waals surface area contributed by atoms with Gasteiger partial charge in [0.2, 0.25) is 0 Å². The minimum absolute atomic E-state index is 0.0562. The summed E-state index contributed by atoms with van der Waals surface area (Å²) in [6, 6.07) is 6.27. The molecule has 0 radical (unpaired) electrons. The Morgan fingerprint density at radius 3 is 2.41 bits per heavy atom. The van der Waals surface area contributed by atoms with E-state index in [1.807, 2.05) is 0 Å². The number of halogens is 3. The number of hydrogen-bond acceptors (Lipinski definition) is 5. The van der Waals surface area contributed by atoms with E-state index in [4.69, 9.17) is 4.74 Å². The van der Waals surface area contributed by atoms with Gasteiger partial charge in [0.15, 0.2) is 0 Å². The standard InChI is InChI=1S/C14H13F3O4S/c1-20-7-11(12(18)21-2)10-6-4-3-5-9(10)8-22-13(19)14(15,16)17/h3-7H,8H2,1-2H3/b11-7+. The molecule has 1 aromatic rings. The zero-order valence-corrected chi connectivity index (χ0v) is 12.6. The molecule has 1 rings (SSSR count). The third-order valence-corrected chi connectivity index (χ3v) is 3.49. The Morgan fingerprint density at radius 1 is 1.23 bits per heavy atom. The SMILES string of the molecule is CO/C=C(/C(=O)OC)c1ccccc1CSC(=O)C(F)(F)F. The van der Waals surface area contributed by atoms with E-state index in [1.54, 1.807) is 12.1 Å². The van der Waals surface area contributed by atoms with Gasteiger partial charge in [0.25, 0.3) is 5.12 Å². The minimum Gasteiger partial charge on any atom is -0.503 e. The lowest BCUT2D eigenvalue weighted by atomic mass is 10.0. The zero-order chi connectivity index (χ0) is 16.8. The zero-order valence-electron chi connectivity index (χ0n) is 11.8. The molecular formula is C14H13F3O4S. The number of alkyl halides is 3. The number of carbonyl (C=O) groups excluding carboxylic acids is 2. The highest BCUT2D eigenvalue weighted by molar-refractivity contribution is 8.13. The third kappa shape index (κ3) is 4.80. The fraction of sp³-hybridized carbons (Fsp3) is 0.286. The molecular weight excluding hydrogens is 321 g/mol. The number of esters is 1. The van der Waals surface area contributed by atoms with E-state index < -0.39 is 17.3 Å². The average molecular weight is 334 g/mol. The topological polar surface area (TPSA) is 52.6 Å². The number of benzene rings is 1. The van der Waals surface area contributed by atoms with Crippen LogP contribution in [0.4, 0.5) is 13.2 Å². The van der Waals surface area contributed by atoms with Gasteiger partial charge < -0.3 is 9.47 Å². The summed E-state index contributed by atoms with van der Waals surface area (Å²) in [6.07, 6.45) is -3.76. The van der Waals surface area contributed by atoms with Gasteiger partial charge in [-0.15, -0.1) is 0 Å². The summed E-state index contributed by atoms with van der Waals surface area (Å²) in [6.45, 7) is 0. The molecule has 0 fully saturated rings. The van der Waals surface area contributed by atoms with Crippen molar-refractivity contribution in [3.8, 4) is 0 Å². The van der Waals surface area contributed by atoms with Crippen LogP contribution < -0.4 is 0 Å². The van der Waals surface area contributed by atoms with E-state index in [9.17, 15) is 22.8 Å². The Bertz CT molecular complexity index is 582. The molecule has 0 aliphatic carbocycles. The predicted octanol–water partition coefficient (Wildman–Crippen LogP) is 3.17. The highest BCUT2D eigenvalue weighted by Gasteiger charge is 2.38. The van der Waals surface area contributed by atoms with E-state index in [0.717, 1.165) is 6.26 Å². The quantitative estimate of drug-likeness (QED) is 0.470. The molecule has 22 heavy (non-hydrogen) atoms. The lowest BCUT2D eigenvalue weighted by molar-refractivity contribution is -0.160. The number of rotatable bonds is 5. The van der Waals surface area contributed by atoms with Gasteiger partial charge in [-0.25, -0.2) is 4.79 Å². The number of hydrogen-bond donors (Lipinski definition) is 0. The second-order valence-corrected chi connectivity index (χ2v) is 4.94. The van der Waals surface area contributed by atoms with Crippen LogP contribution in [0, 0.1) is 0 Å². The molecule has 120 valence electrons. The van der Waals surface area contributed by atoms with Gasteiger partial charge >= 0.3 is 12.1 Å². The summed E-state index contributed by atoms with van der Waals surface area (Å²) >= 11 is 0.121. The first-order valence-electron chi connectivity index (χ1n) is 5.94. The first-order chi connectivity index (χ1) is 10.3. The molecule has 0 spiro atoms. The average Bonchev–Trinajstić information content (AvgIpc) is 2.49. The van der Waals surface area contributed by atoms with Crippen LogP contribution in [0.25, 0.3) is 5.57 Å². The molecule has 0 amide bonds. The van der Waals surface area contributed by atoms with Crippen LogP contribution in [-0.4, -0.2) is 31.5 Å². The van der Waals surface area contributed by atoms with Crippen molar-refractivity contribution in [3.63, 3.8) is 0 Å². The molecule has 1 aromatic carbocycles. The molecule has 0 unspecified atom stereocenters. The lowest BCUT2D eigenvalue weighted by Gasteiger charge is -2.11. The van der Waals surface area contributed by atoms with E-state index in [0.29, 0.717) is 11.1 Å². The number of thioether (sulfide) groups is 1. The summed E-state index contributed by atoms with van der Waals surface area (Å²) in [4.78, 5) is 22.7. The van der Waals surface area contributed by atoms with Crippen LogP contribution in [0.3, 0.4) is 0 Å². The van der Waals surface area contributed by atoms with Crippen molar-refractivity contribution in [2.24, 2.45) is 0 Å². The molecule has 8 heteroatoms. The van der Waals surface area contributed by atoms with Crippen LogP contribution in [0.1, 0.15) is 11.1 Å². The maximum absolute atomic E-state index is 12.2. The Labute approximate surface area is 129 Å². The molecule has 0 bridgehead atoms. The van der Waals surface area contributed by atoms with Crippen LogP contribution in [0.5, 0.6) is 0 Å². The fourth-order valence-corrected chi connectivity index (χ4v) is 2.29. The summed E-state index contributed by atoms with van der Waals surface area (Å²) in [7, 11) is 2.50. The van der Waals surface area contributed by atoms with E-state index >= 15 is 0 Å². The second kappa shape index (κ2) is 7.88. The molecule has 0 N–H and O–H groups in total. The number of carbonyl (C=O) groups is 2. The van der Waals surface area contributed by atoms with Crippen molar-refractivity contribution in [1.29, 1.82) is 0 Å². The predicted molar refractivity (Wildman–Crippen MR) is 75.8 cm³/mol. The van der Waals surface area contributed by atoms with Crippen molar-refractivity contribution >= 4 is 28.4 Å². The van der Waals surface area contributed by atoms with Crippen molar-refractivity contribution < 1.29 is 32.2 Å². The van der Waals surface area contributed by atoms with Crippen molar-refractivity contribution in [2.45, 2.75) is 11.9 Å². The summed E-state index contributed by atoms with van der Waals surface area (Å²) in [5.41, 5.74) is 0.790. The van der Waals surface area contributed by atoms with Crippen molar-refractivity contribution in [3.05, 3.63) is 41.7 Å². The Morgan fingerprint density at radius 2 is 1.86 bits per heavy atom. The highest BCUT2D eigenvalue weighted by atomic mass is 32.2. The molecule has 0 atom stereocenters. The molecule has 0 heterocycles. The molecule has 0 saturated carbocycles. The van der Waals surface area contributed by atoms with Crippen LogP contribution in [0.2, 0.25) is 0 Å². The first kappa shape index (κ1) is 18.1. The second-order valence-electron chi connectivity index (χ2n) is 3.99. The molecule has 0 aliphatic rings. The van der Waals surface area contributed by atoms with Crippen LogP contribution >= 0.6 is 11.8 Å². The molecule has 0 aromatic heterocycles. The van der Waals surface area contributed by atoms with Crippen LogP contribution in [0.15, 0.2) is 30.5 Å². The lowest BCUT2D eigenvalue weighted by Crippen LogP contribution is -2.19. The Balaban J connectivity index is 3.06. The Kier molecular flexibility index (Phi) is 6.48. The largest absolute Gasteiger partial charge is 0.503 e. The Hall–Kier alpha value is -1.96. The van der Waals surface area contributed by atoms with Gasteiger partial charge in [0, 0.05) is 5.75 Å². The normalized spacial score (nSPS) is 12.0. The van der Waals surface area contributed by atoms with Gasteiger partial charge in [0.05, 0.1) is 20.5 Å².